The Labute approximate surface area is 197 Å². The highest BCUT2D eigenvalue weighted by molar-refractivity contribution is 5.94. The van der Waals surface area contributed by atoms with E-state index in [1.54, 1.807) is 6.20 Å². The molecule has 5 atom stereocenters. The Morgan fingerprint density at radius 2 is 1.65 bits per heavy atom. The zero-order valence-electron chi connectivity index (χ0n) is 19.5. The second-order valence-corrected chi connectivity index (χ2v) is 8.35. The molecule has 186 valence electrons. The fourth-order valence-corrected chi connectivity index (χ4v) is 3.37. The molecule has 0 fully saturated rings. The maximum atomic E-state index is 12.6. The van der Waals surface area contributed by atoms with Gasteiger partial charge in [-0.3, -0.25) is 14.4 Å². The molecule has 11 nitrogen and oxygen atoms in total. The lowest BCUT2D eigenvalue weighted by Gasteiger charge is -2.23. The van der Waals surface area contributed by atoms with Gasteiger partial charge in [0.1, 0.15) is 18.1 Å². The summed E-state index contributed by atoms with van der Waals surface area (Å²) < 4.78 is 0. The van der Waals surface area contributed by atoms with Crippen molar-refractivity contribution in [1.82, 2.24) is 20.9 Å². The number of carbonyl (C=O) groups excluding carboxylic acids is 3. The molecule has 5 unspecified atom stereocenters. The lowest BCUT2D eigenvalue weighted by atomic mass is 9.99. The van der Waals surface area contributed by atoms with Gasteiger partial charge in [-0.1, -0.05) is 38.5 Å². The fourth-order valence-electron chi connectivity index (χ4n) is 3.37. The number of carbonyl (C=O) groups is 4. The van der Waals surface area contributed by atoms with Crippen LogP contribution in [-0.4, -0.2) is 69.7 Å². The summed E-state index contributed by atoms with van der Waals surface area (Å²) in [7, 11) is 0. The third kappa shape index (κ3) is 6.78. The van der Waals surface area contributed by atoms with E-state index in [1.165, 1.54) is 6.92 Å². The number of fused-ring (bicyclic) bond motifs is 1. The normalized spacial score (nSPS) is 15.6. The Kier molecular flexibility index (Phi) is 9.58. The molecular weight excluding hydrogens is 442 g/mol. The summed E-state index contributed by atoms with van der Waals surface area (Å²) in [6, 6.07) is 2.84. The summed E-state index contributed by atoms with van der Waals surface area (Å²) >= 11 is 0. The van der Waals surface area contributed by atoms with E-state index in [-0.39, 0.29) is 12.3 Å². The molecule has 3 amide bonds. The molecule has 0 aliphatic rings. The lowest BCUT2D eigenvalue weighted by Crippen LogP contribution is -2.58. The van der Waals surface area contributed by atoms with Crippen LogP contribution in [0.5, 0.6) is 0 Å². The number of aliphatic hydroxyl groups excluding tert-OH is 1. The zero-order chi connectivity index (χ0) is 25.4. The van der Waals surface area contributed by atoms with Crippen LogP contribution in [0, 0.1) is 5.92 Å². The highest BCUT2D eigenvalue weighted by Gasteiger charge is 2.29. The summed E-state index contributed by atoms with van der Waals surface area (Å²) in [5.74, 6) is -3.44. The van der Waals surface area contributed by atoms with Gasteiger partial charge in [0.15, 0.2) is 0 Å². The molecular formula is C23H33N5O6. The summed E-state index contributed by atoms with van der Waals surface area (Å²) in [5, 5.41) is 27.2. The van der Waals surface area contributed by atoms with Gasteiger partial charge in [0.2, 0.25) is 17.7 Å². The van der Waals surface area contributed by atoms with Gasteiger partial charge in [-0.2, -0.15) is 0 Å². The maximum Gasteiger partial charge on any atom is 0.326 e. The van der Waals surface area contributed by atoms with Crippen molar-refractivity contribution < 1.29 is 29.4 Å². The number of nitrogens with two attached hydrogens (primary N) is 1. The fraction of sp³-hybridized carbons (Fsp3) is 0.478. The summed E-state index contributed by atoms with van der Waals surface area (Å²) in [5.41, 5.74) is 7.39. The Balaban J connectivity index is 2.00. The second-order valence-electron chi connectivity index (χ2n) is 8.35. The molecule has 2 aromatic rings. The SMILES string of the molecule is CCC(C)C(N)C(=O)NC(C)C(=O)NC(CO)C(=O)NC(Cc1c[nH]c2ccccc12)C(=O)O. The van der Waals surface area contributed by atoms with E-state index in [9.17, 15) is 29.4 Å². The Morgan fingerprint density at radius 1 is 1.00 bits per heavy atom. The Morgan fingerprint density at radius 3 is 2.26 bits per heavy atom. The quantitative estimate of drug-likeness (QED) is 0.218. The minimum Gasteiger partial charge on any atom is -0.480 e. The molecule has 0 saturated carbocycles. The molecule has 1 aromatic heterocycles. The number of para-hydroxylation sites is 1. The first-order valence-electron chi connectivity index (χ1n) is 11.1. The number of carboxylic acid groups (broad SMARTS) is 1. The number of hydrogen-bond acceptors (Lipinski definition) is 6. The highest BCUT2D eigenvalue weighted by Crippen LogP contribution is 2.19. The molecule has 1 heterocycles. The lowest BCUT2D eigenvalue weighted by molar-refractivity contribution is -0.142. The molecule has 0 aliphatic carbocycles. The number of amides is 3. The van der Waals surface area contributed by atoms with Crippen molar-refractivity contribution in [2.75, 3.05) is 6.61 Å². The third-order valence-electron chi connectivity index (χ3n) is 5.84. The van der Waals surface area contributed by atoms with Crippen LogP contribution in [0.25, 0.3) is 10.9 Å². The Hall–Kier alpha value is -3.44. The number of rotatable bonds is 12. The summed E-state index contributed by atoms with van der Waals surface area (Å²) in [4.78, 5) is 52.1. The van der Waals surface area contributed by atoms with Crippen molar-refractivity contribution in [2.45, 2.75) is 57.8 Å². The van der Waals surface area contributed by atoms with Gasteiger partial charge in [0, 0.05) is 23.5 Å². The van der Waals surface area contributed by atoms with E-state index < -0.39 is 54.5 Å². The number of nitrogens with one attached hydrogen (secondary N) is 4. The number of aromatic amines is 1. The van der Waals surface area contributed by atoms with Gasteiger partial charge < -0.3 is 36.9 Å². The van der Waals surface area contributed by atoms with Gasteiger partial charge >= 0.3 is 5.97 Å². The molecule has 0 saturated heterocycles. The summed E-state index contributed by atoms with van der Waals surface area (Å²) in [6.45, 7) is 4.36. The minimum absolute atomic E-state index is 0.00283. The molecule has 1 aromatic carbocycles. The average molecular weight is 476 g/mol. The van der Waals surface area contributed by atoms with Crippen LogP contribution >= 0.6 is 0 Å². The molecule has 0 bridgehead atoms. The number of benzene rings is 1. The van der Waals surface area contributed by atoms with Crippen molar-refractivity contribution in [1.29, 1.82) is 0 Å². The molecule has 8 N–H and O–H groups in total. The van der Waals surface area contributed by atoms with Crippen LogP contribution in [-0.2, 0) is 25.6 Å². The van der Waals surface area contributed by atoms with Crippen LogP contribution in [0.3, 0.4) is 0 Å². The van der Waals surface area contributed by atoms with Crippen molar-refractivity contribution in [3.05, 3.63) is 36.0 Å². The van der Waals surface area contributed by atoms with Crippen LogP contribution in [0.1, 0.15) is 32.8 Å². The van der Waals surface area contributed by atoms with Gasteiger partial charge in [0.05, 0.1) is 12.6 Å². The zero-order valence-corrected chi connectivity index (χ0v) is 19.5. The van der Waals surface area contributed by atoms with Gasteiger partial charge in [-0.05, 0) is 24.5 Å². The Bertz CT molecular complexity index is 1020. The highest BCUT2D eigenvalue weighted by atomic mass is 16.4. The topological polar surface area (TPSA) is 187 Å². The molecule has 2 rings (SSSR count). The molecule has 0 radical (unpaired) electrons. The van der Waals surface area contributed by atoms with Crippen molar-refractivity contribution in [3.63, 3.8) is 0 Å². The van der Waals surface area contributed by atoms with Gasteiger partial charge in [-0.15, -0.1) is 0 Å². The van der Waals surface area contributed by atoms with Crippen molar-refractivity contribution in [3.8, 4) is 0 Å². The van der Waals surface area contributed by atoms with Crippen LogP contribution in [0.4, 0.5) is 0 Å². The van der Waals surface area contributed by atoms with Gasteiger partial charge in [-0.25, -0.2) is 4.79 Å². The second kappa shape index (κ2) is 12.1. The van der Waals surface area contributed by atoms with E-state index in [0.29, 0.717) is 12.0 Å². The first-order valence-corrected chi connectivity index (χ1v) is 11.1. The van der Waals surface area contributed by atoms with E-state index >= 15 is 0 Å². The average Bonchev–Trinajstić information content (AvgIpc) is 3.23. The smallest absolute Gasteiger partial charge is 0.326 e. The maximum absolute atomic E-state index is 12.6. The first-order chi connectivity index (χ1) is 16.1. The molecule has 34 heavy (non-hydrogen) atoms. The van der Waals surface area contributed by atoms with Crippen LogP contribution in [0.15, 0.2) is 30.5 Å². The monoisotopic (exact) mass is 475 g/mol. The number of H-pyrrole nitrogens is 1. The third-order valence-corrected chi connectivity index (χ3v) is 5.84. The first kappa shape index (κ1) is 26.8. The van der Waals surface area contributed by atoms with E-state index in [4.69, 9.17) is 5.73 Å². The molecule has 0 spiro atoms. The standard InChI is InChI=1S/C23H33N5O6/c1-4-12(2)19(24)22(32)26-13(3)20(30)28-18(11-29)21(31)27-17(23(33)34)9-14-10-25-16-8-6-5-7-15(14)16/h5-8,10,12-13,17-19,25,29H,4,9,11,24H2,1-3H3,(H,26,32)(H,27,31)(H,28,30)(H,33,34). The van der Waals surface area contributed by atoms with Crippen molar-refractivity contribution in [2.24, 2.45) is 11.7 Å². The number of carboxylic acids is 1. The molecule has 11 heteroatoms. The van der Waals surface area contributed by atoms with Crippen LogP contribution < -0.4 is 21.7 Å². The number of aromatic nitrogens is 1. The van der Waals surface area contributed by atoms with Gasteiger partial charge in [0.25, 0.3) is 0 Å². The predicted octanol–water partition coefficient (Wildman–Crippen LogP) is -0.365. The number of aliphatic carboxylic acids is 1. The predicted molar refractivity (Wildman–Crippen MR) is 126 cm³/mol. The molecule has 0 aliphatic heterocycles. The largest absolute Gasteiger partial charge is 0.480 e. The number of hydrogen-bond donors (Lipinski definition) is 7. The van der Waals surface area contributed by atoms with E-state index in [0.717, 1.165) is 10.9 Å². The van der Waals surface area contributed by atoms with Crippen LogP contribution in [0.2, 0.25) is 0 Å². The summed E-state index contributed by atoms with van der Waals surface area (Å²) in [6.07, 6.45) is 2.36. The van der Waals surface area contributed by atoms with E-state index in [2.05, 4.69) is 20.9 Å². The number of aliphatic hydroxyl groups is 1. The minimum atomic E-state index is -1.40. The van der Waals surface area contributed by atoms with E-state index in [1.807, 2.05) is 38.1 Å². The van der Waals surface area contributed by atoms with Crippen molar-refractivity contribution >= 4 is 34.6 Å².